The lowest BCUT2D eigenvalue weighted by atomic mass is 9.49. The highest BCUT2D eigenvalue weighted by molar-refractivity contribution is 6.60. The van der Waals surface area contributed by atoms with E-state index < -0.39 is 11.1 Å². The van der Waals surface area contributed by atoms with Gasteiger partial charge in [0, 0.05) is 18.2 Å². The van der Waals surface area contributed by atoms with Gasteiger partial charge in [0.1, 0.15) is 12.4 Å². The number of aliphatic hydroxyl groups is 1. The molecule has 2 heterocycles. The van der Waals surface area contributed by atoms with Gasteiger partial charge in [-0.05, 0) is 25.0 Å². The van der Waals surface area contributed by atoms with Crippen molar-refractivity contribution in [3.63, 3.8) is 0 Å². The molecule has 1 aliphatic rings. The average molecular weight is 468 g/mol. The van der Waals surface area contributed by atoms with Gasteiger partial charge in [-0.2, -0.15) is 4.98 Å². The van der Waals surface area contributed by atoms with Gasteiger partial charge in [0.25, 0.3) is 11.8 Å². The van der Waals surface area contributed by atoms with E-state index in [1.807, 2.05) is 0 Å². The first-order valence-corrected chi connectivity index (χ1v) is 10.6. The first-order chi connectivity index (χ1) is 16.7. The Balaban J connectivity index is 1.72. The zero-order chi connectivity index (χ0) is 25.2. The number of pyridine rings is 1. The molecular formula is C21H19B3N6O5. The van der Waals surface area contributed by atoms with Crippen LogP contribution in [0.15, 0.2) is 35.0 Å². The molecule has 0 aliphatic heterocycles. The molecule has 0 spiro atoms. The van der Waals surface area contributed by atoms with Crippen molar-refractivity contribution in [2.45, 2.75) is 24.7 Å². The summed E-state index contributed by atoms with van der Waals surface area (Å²) >= 11 is 0. The number of para-hydroxylation sites is 1. The van der Waals surface area contributed by atoms with Crippen LogP contribution >= 0.6 is 0 Å². The molecule has 0 unspecified atom stereocenters. The maximum atomic E-state index is 12.8. The molecule has 0 bridgehead atoms. The molecule has 2 aromatic heterocycles. The molecular weight excluding hydrogens is 449 g/mol. The smallest absolute Gasteiger partial charge is 0.261 e. The number of rotatable bonds is 9. The molecule has 4 N–H and O–H groups in total. The summed E-state index contributed by atoms with van der Waals surface area (Å²) in [7, 11) is 18.0. The highest BCUT2D eigenvalue weighted by atomic mass is 16.5. The summed E-state index contributed by atoms with van der Waals surface area (Å²) < 4.78 is 10.8. The van der Waals surface area contributed by atoms with Crippen LogP contribution in [-0.2, 0) is 11.4 Å². The summed E-state index contributed by atoms with van der Waals surface area (Å²) in [5.41, 5.74) is 1.17. The summed E-state index contributed by atoms with van der Waals surface area (Å²) in [5, 5.41) is 19.1. The molecule has 3 aromatic rings. The normalized spacial score (nSPS) is 13.2. The maximum Gasteiger partial charge on any atom is 0.261 e. The van der Waals surface area contributed by atoms with E-state index in [1.54, 1.807) is 18.2 Å². The Bertz CT molecular complexity index is 1260. The van der Waals surface area contributed by atoms with E-state index in [0.29, 0.717) is 17.0 Å². The van der Waals surface area contributed by atoms with Gasteiger partial charge >= 0.3 is 0 Å². The van der Waals surface area contributed by atoms with Gasteiger partial charge in [0.05, 0.1) is 53.2 Å². The molecule has 1 aliphatic carbocycles. The van der Waals surface area contributed by atoms with Crippen molar-refractivity contribution in [2.24, 2.45) is 5.92 Å². The lowest BCUT2D eigenvalue weighted by Gasteiger charge is -2.23. The van der Waals surface area contributed by atoms with Crippen molar-refractivity contribution in [2.75, 3.05) is 17.7 Å². The standard InChI is InChI=1S/C21H19B3N6O5/c1-34-17-11(20-28-16(9-31)30-35-20)3-2-4-13(17)26-14-7-15(27-18(32)10-5-6-10)25-8-12(14)19(33)29-21(22,23)24/h2-4,7-8,10,31H,5-6,9H2,1H3,(H,29,33)(H2,25,26,27,32). The van der Waals surface area contributed by atoms with Crippen LogP contribution in [-0.4, -0.2) is 67.9 Å². The van der Waals surface area contributed by atoms with E-state index in [0.717, 1.165) is 12.8 Å². The van der Waals surface area contributed by atoms with Gasteiger partial charge in [0.15, 0.2) is 11.6 Å². The molecule has 11 nitrogen and oxygen atoms in total. The monoisotopic (exact) mass is 468 g/mol. The Morgan fingerprint density at radius 2 is 2.03 bits per heavy atom. The van der Waals surface area contributed by atoms with E-state index in [4.69, 9.17) is 32.8 Å². The number of hydrogen-bond acceptors (Lipinski definition) is 9. The second-order valence-corrected chi connectivity index (χ2v) is 7.95. The zero-order valence-electron chi connectivity index (χ0n) is 18.7. The Morgan fingerprint density at radius 3 is 2.66 bits per heavy atom. The molecule has 0 saturated heterocycles. The van der Waals surface area contributed by atoms with Gasteiger partial charge in [-0.15, -0.1) is 0 Å². The topological polar surface area (TPSA) is 151 Å². The van der Waals surface area contributed by atoms with Crippen molar-refractivity contribution >= 4 is 52.5 Å². The number of carbonyl (C=O) groups excluding carboxylic acids is 2. The third kappa shape index (κ3) is 5.83. The lowest BCUT2D eigenvalue weighted by Crippen LogP contribution is -2.50. The fraction of sp³-hybridized carbons (Fsp3) is 0.286. The number of anilines is 3. The molecule has 2 amide bonds. The summed E-state index contributed by atoms with van der Waals surface area (Å²) in [4.78, 5) is 33.3. The van der Waals surface area contributed by atoms with Crippen LogP contribution in [0.4, 0.5) is 17.2 Å². The average Bonchev–Trinajstić information content (AvgIpc) is 3.55. The largest absolute Gasteiger partial charge is 0.494 e. The zero-order valence-corrected chi connectivity index (χ0v) is 18.7. The first kappa shape index (κ1) is 24.3. The molecule has 4 rings (SSSR count). The van der Waals surface area contributed by atoms with Gasteiger partial charge < -0.3 is 30.3 Å². The summed E-state index contributed by atoms with van der Waals surface area (Å²) in [6, 6.07) is 6.56. The number of nitrogens with zero attached hydrogens (tertiary/aromatic N) is 3. The van der Waals surface area contributed by atoms with Crippen LogP contribution in [0.5, 0.6) is 5.75 Å². The van der Waals surface area contributed by atoms with Crippen LogP contribution in [0.1, 0.15) is 29.0 Å². The van der Waals surface area contributed by atoms with Gasteiger partial charge in [-0.1, -0.05) is 16.5 Å². The molecule has 1 saturated carbocycles. The predicted molar refractivity (Wildman–Crippen MR) is 129 cm³/mol. The van der Waals surface area contributed by atoms with Crippen molar-refractivity contribution in [1.29, 1.82) is 0 Å². The third-order valence-corrected chi connectivity index (χ3v) is 5.01. The molecule has 1 aromatic carbocycles. The number of nitrogens with one attached hydrogen (secondary N) is 3. The minimum Gasteiger partial charge on any atom is -0.494 e. The fourth-order valence-electron chi connectivity index (χ4n) is 3.24. The third-order valence-electron chi connectivity index (χ3n) is 5.01. The second-order valence-electron chi connectivity index (χ2n) is 7.95. The van der Waals surface area contributed by atoms with Crippen molar-refractivity contribution in [3.8, 4) is 17.2 Å². The summed E-state index contributed by atoms with van der Waals surface area (Å²) in [6.07, 6.45) is 2.90. The molecule has 6 radical (unpaired) electrons. The predicted octanol–water partition coefficient (Wildman–Crippen LogP) is 0.571. The second kappa shape index (κ2) is 9.83. The van der Waals surface area contributed by atoms with Gasteiger partial charge in [-0.25, -0.2) is 4.98 Å². The Labute approximate surface area is 204 Å². The number of benzene rings is 1. The van der Waals surface area contributed by atoms with E-state index in [9.17, 15) is 14.7 Å². The number of aliphatic hydroxyl groups excluding tert-OH is 1. The fourth-order valence-corrected chi connectivity index (χ4v) is 3.24. The van der Waals surface area contributed by atoms with E-state index >= 15 is 0 Å². The quantitative estimate of drug-likeness (QED) is 0.331. The minimum absolute atomic E-state index is 0.0430. The number of ether oxygens (including phenoxy) is 1. The number of amides is 2. The Kier molecular flexibility index (Phi) is 6.83. The van der Waals surface area contributed by atoms with Crippen LogP contribution in [0.25, 0.3) is 11.5 Å². The molecule has 172 valence electrons. The number of aromatic nitrogens is 3. The lowest BCUT2D eigenvalue weighted by molar-refractivity contribution is -0.117. The molecule has 35 heavy (non-hydrogen) atoms. The molecule has 14 heteroatoms. The van der Waals surface area contributed by atoms with E-state index in [2.05, 4.69) is 31.1 Å². The minimum atomic E-state index is -1.97. The number of carbonyl (C=O) groups is 2. The first-order valence-electron chi connectivity index (χ1n) is 10.6. The summed E-state index contributed by atoms with van der Waals surface area (Å²) in [6.45, 7) is -0.389. The number of hydrogen-bond donors (Lipinski definition) is 4. The SMILES string of the molecule is [B]C([B])([B])NC(=O)c1cnc(NC(=O)C2CC2)cc1Nc1cccc(-c2nc(CO)no2)c1OC. The highest BCUT2D eigenvalue weighted by Gasteiger charge is 2.30. The van der Waals surface area contributed by atoms with Gasteiger partial charge in [0.2, 0.25) is 5.91 Å². The highest BCUT2D eigenvalue weighted by Crippen LogP contribution is 2.38. The maximum absolute atomic E-state index is 12.8. The van der Waals surface area contributed by atoms with Gasteiger partial charge in [-0.3, -0.25) is 9.59 Å². The Morgan fingerprint density at radius 1 is 1.26 bits per heavy atom. The van der Waals surface area contributed by atoms with Crippen LogP contribution < -0.4 is 20.7 Å². The van der Waals surface area contributed by atoms with E-state index in [-0.39, 0.29) is 47.2 Å². The van der Waals surface area contributed by atoms with Crippen molar-refractivity contribution in [3.05, 3.63) is 41.9 Å². The van der Waals surface area contributed by atoms with Crippen LogP contribution in [0.2, 0.25) is 0 Å². The van der Waals surface area contributed by atoms with E-state index in [1.165, 1.54) is 19.4 Å². The molecule has 0 atom stereocenters. The Hall–Kier alpha value is -3.80. The van der Waals surface area contributed by atoms with Crippen LogP contribution in [0.3, 0.4) is 0 Å². The van der Waals surface area contributed by atoms with Crippen LogP contribution in [0, 0.1) is 5.92 Å². The number of methoxy groups -OCH3 is 1. The van der Waals surface area contributed by atoms with Crippen molar-refractivity contribution < 1.29 is 24.0 Å². The summed E-state index contributed by atoms with van der Waals surface area (Å²) in [5.74, 6) is -0.109. The van der Waals surface area contributed by atoms with Crippen molar-refractivity contribution in [1.82, 2.24) is 20.4 Å². The molecule has 1 fully saturated rings.